The molecular formula is C14H22N6O3. The van der Waals surface area contributed by atoms with E-state index in [1.807, 2.05) is 0 Å². The molecule has 0 spiro atoms. The monoisotopic (exact) mass is 322 g/mol. The van der Waals surface area contributed by atoms with Gasteiger partial charge >= 0.3 is 6.03 Å². The summed E-state index contributed by atoms with van der Waals surface area (Å²) in [7, 11) is 0. The van der Waals surface area contributed by atoms with Crippen LogP contribution >= 0.6 is 0 Å². The molecule has 1 N–H and O–H groups in total. The lowest BCUT2D eigenvalue weighted by Gasteiger charge is -2.33. The van der Waals surface area contributed by atoms with Gasteiger partial charge in [0.25, 0.3) is 5.91 Å². The molecule has 9 heteroatoms. The van der Waals surface area contributed by atoms with Gasteiger partial charge in [0.1, 0.15) is 18.2 Å². The fourth-order valence-corrected chi connectivity index (χ4v) is 2.89. The quantitative estimate of drug-likeness (QED) is 0.721. The number of nitrogens with one attached hydrogen (secondary N) is 1. The Balaban J connectivity index is 1.50. The molecule has 1 aromatic rings. The molecule has 126 valence electrons. The molecule has 0 bridgehead atoms. The van der Waals surface area contributed by atoms with Crippen molar-refractivity contribution in [2.45, 2.75) is 32.0 Å². The summed E-state index contributed by atoms with van der Waals surface area (Å²) in [6, 6.07) is -0.313. The molecule has 0 radical (unpaired) electrons. The average molecular weight is 322 g/mol. The summed E-state index contributed by atoms with van der Waals surface area (Å²) in [4.78, 5) is 31.5. The third kappa shape index (κ3) is 3.50. The largest absolute Gasteiger partial charge is 0.374 e. The van der Waals surface area contributed by atoms with Crippen LogP contribution in [-0.2, 0) is 16.1 Å². The smallest absolute Gasteiger partial charge is 0.325 e. The highest BCUT2D eigenvalue weighted by atomic mass is 16.5. The summed E-state index contributed by atoms with van der Waals surface area (Å²) >= 11 is 0. The molecule has 23 heavy (non-hydrogen) atoms. The normalized spacial score (nSPS) is 25.0. The number of carbonyl (C=O) groups is 2. The number of imide groups is 1. The van der Waals surface area contributed by atoms with E-state index in [2.05, 4.69) is 20.3 Å². The molecule has 9 nitrogen and oxygen atoms in total. The van der Waals surface area contributed by atoms with Gasteiger partial charge in [0.05, 0.1) is 19.3 Å². The second-order valence-corrected chi connectivity index (χ2v) is 6.42. The van der Waals surface area contributed by atoms with E-state index in [-0.39, 0.29) is 18.0 Å². The molecule has 0 saturated carbocycles. The molecule has 0 aliphatic carbocycles. The van der Waals surface area contributed by atoms with Crippen LogP contribution in [0.15, 0.2) is 12.7 Å². The SMILES string of the molecule is CC1(C)NC(=O)N(CCN2CCOC(Cn3cncn3)C2)C1=O. The second kappa shape index (κ2) is 6.25. The summed E-state index contributed by atoms with van der Waals surface area (Å²) in [5.41, 5.74) is -0.808. The molecule has 2 saturated heterocycles. The van der Waals surface area contributed by atoms with Crippen molar-refractivity contribution in [3.05, 3.63) is 12.7 Å². The number of amides is 3. The van der Waals surface area contributed by atoms with Crippen molar-refractivity contribution in [3.63, 3.8) is 0 Å². The van der Waals surface area contributed by atoms with Gasteiger partial charge in [-0.15, -0.1) is 0 Å². The molecular weight excluding hydrogens is 300 g/mol. The molecule has 1 aromatic heterocycles. The van der Waals surface area contributed by atoms with Crippen molar-refractivity contribution < 1.29 is 14.3 Å². The van der Waals surface area contributed by atoms with Crippen molar-refractivity contribution in [2.75, 3.05) is 32.8 Å². The van der Waals surface area contributed by atoms with Gasteiger partial charge < -0.3 is 10.1 Å². The van der Waals surface area contributed by atoms with E-state index in [1.165, 1.54) is 11.2 Å². The zero-order chi connectivity index (χ0) is 16.4. The molecule has 1 unspecified atom stereocenters. The Morgan fingerprint density at radius 2 is 2.22 bits per heavy atom. The number of ether oxygens (including phenoxy) is 1. The summed E-state index contributed by atoms with van der Waals surface area (Å²) < 4.78 is 7.48. The van der Waals surface area contributed by atoms with Crippen LogP contribution in [0.4, 0.5) is 4.79 Å². The van der Waals surface area contributed by atoms with Crippen LogP contribution in [0.1, 0.15) is 13.8 Å². The average Bonchev–Trinajstić information content (AvgIpc) is 3.06. The Hall–Kier alpha value is -2.00. The maximum Gasteiger partial charge on any atom is 0.325 e. The van der Waals surface area contributed by atoms with Gasteiger partial charge in [-0.2, -0.15) is 5.10 Å². The summed E-state index contributed by atoms with van der Waals surface area (Å²) in [5, 5.41) is 6.78. The van der Waals surface area contributed by atoms with Gasteiger partial charge in [0, 0.05) is 26.2 Å². The molecule has 2 fully saturated rings. The van der Waals surface area contributed by atoms with E-state index < -0.39 is 5.54 Å². The Morgan fingerprint density at radius 1 is 1.39 bits per heavy atom. The maximum atomic E-state index is 12.2. The Kier molecular flexibility index (Phi) is 4.31. The minimum Gasteiger partial charge on any atom is -0.374 e. The van der Waals surface area contributed by atoms with Crippen molar-refractivity contribution in [2.24, 2.45) is 0 Å². The van der Waals surface area contributed by atoms with E-state index in [1.54, 1.807) is 24.9 Å². The Labute approximate surface area is 134 Å². The first-order chi connectivity index (χ1) is 11.0. The number of nitrogens with zero attached hydrogens (tertiary/aromatic N) is 5. The van der Waals surface area contributed by atoms with E-state index in [0.29, 0.717) is 26.2 Å². The van der Waals surface area contributed by atoms with E-state index in [0.717, 1.165) is 13.1 Å². The third-order valence-corrected chi connectivity index (χ3v) is 4.16. The molecule has 3 amide bonds. The summed E-state index contributed by atoms with van der Waals surface area (Å²) in [6.07, 6.45) is 3.20. The number of aromatic nitrogens is 3. The maximum absolute atomic E-state index is 12.2. The predicted molar refractivity (Wildman–Crippen MR) is 80.5 cm³/mol. The molecule has 3 rings (SSSR count). The number of hydrogen-bond donors (Lipinski definition) is 1. The number of rotatable bonds is 5. The van der Waals surface area contributed by atoms with Crippen LogP contribution in [-0.4, -0.2) is 80.9 Å². The van der Waals surface area contributed by atoms with Crippen LogP contribution in [0, 0.1) is 0 Å². The first-order valence-corrected chi connectivity index (χ1v) is 7.76. The zero-order valence-corrected chi connectivity index (χ0v) is 13.4. The van der Waals surface area contributed by atoms with Gasteiger partial charge in [0.2, 0.25) is 0 Å². The lowest BCUT2D eigenvalue weighted by Crippen LogP contribution is -2.48. The van der Waals surface area contributed by atoms with Crippen molar-refractivity contribution in [1.82, 2.24) is 29.9 Å². The second-order valence-electron chi connectivity index (χ2n) is 6.42. The number of morpholine rings is 1. The highest BCUT2D eigenvalue weighted by Crippen LogP contribution is 2.16. The topological polar surface area (TPSA) is 92.6 Å². The van der Waals surface area contributed by atoms with Gasteiger partial charge in [-0.1, -0.05) is 0 Å². The van der Waals surface area contributed by atoms with E-state index in [9.17, 15) is 9.59 Å². The van der Waals surface area contributed by atoms with Crippen molar-refractivity contribution in [3.8, 4) is 0 Å². The third-order valence-electron chi connectivity index (χ3n) is 4.16. The van der Waals surface area contributed by atoms with Gasteiger partial charge in [-0.3, -0.25) is 19.3 Å². The molecule has 3 heterocycles. The van der Waals surface area contributed by atoms with Gasteiger partial charge in [0.15, 0.2) is 0 Å². The fourth-order valence-electron chi connectivity index (χ4n) is 2.89. The minimum absolute atomic E-state index is 0.0324. The number of hydrogen-bond acceptors (Lipinski definition) is 6. The highest BCUT2D eigenvalue weighted by Gasteiger charge is 2.44. The van der Waals surface area contributed by atoms with Crippen LogP contribution in [0.3, 0.4) is 0 Å². The zero-order valence-electron chi connectivity index (χ0n) is 13.4. The molecule has 1 atom stereocenters. The minimum atomic E-state index is -0.808. The summed E-state index contributed by atoms with van der Waals surface area (Å²) in [6.45, 7) is 7.29. The lowest BCUT2D eigenvalue weighted by molar-refractivity contribution is -0.130. The van der Waals surface area contributed by atoms with E-state index >= 15 is 0 Å². The molecule has 2 aliphatic rings. The first-order valence-electron chi connectivity index (χ1n) is 7.76. The summed E-state index contributed by atoms with van der Waals surface area (Å²) in [5.74, 6) is -0.171. The van der Waals surface area contributed by atoms with Crippen LogP contribution < -0.4 is 5.32 Å². The van der Waals surface area contributed by atoms with Gasteiger partial charge in [-0.25, -0.2) is 9.78 Å². The van der Waals surface area contributed by atoms with Crippen LogP contribution in [0.25, 0.3) is 0 Å². The van der Waals surface area contributed by atoms with Crippen LogP contribution in [0.2, 0.25) is 0 Å². The molecule has 0 aromatic carbocycles. The van der Waals surface area contributed by atoms with E-state index in [4.69, 9.17) is 4.74 Å². The number of urea groups is 1. The van der Waals surface area contributed by atoms with Crippen molar-refractivity contribution in [1.29, 1.82) is 0 Å². The first kappa shape index (κ1) is 15.9. The fraction of sp³-hybridized carbons (Fsp3) is 0.714. The molecule has 2 aliphatic heterocycles. The predicted octanol–water partition coefficient (Wildman–Crippen LogP) is -0.691. The van der Waals surface area contributed by atoms with Crippen LogP contribution in [0.5, 0.6) is 0 Å². The standard InChI is InChI=1S/C14H22N6O3/c1-14(2)12(21)20(13(22)17-14)4-3-18-5-6-23-11(7-18)8-19-10-15-9-16-19/h9-11H,3-8H2,1-2H3,(H,17,22). The Morgan fingerprint density at radius 3 is 2.87 bits per heavy atom. The van der Waals surface area contributed by atoms with Gasteiger partial charge in [-0.05, 0) is 13.8 Å². The van der Waals surface area contributed by atoms with Crippen molar-refractivity contribution >= 4 is 11.9 Å². The lowest BCUT2D eigenvalue weighted by atomic mass is 10.1. The number of carbonyl (C=O) groups excluding carboxylic acids is 2. The highest BCUT2D eigenvalue weighted by molar-refractivity contribution is 6.06. The Bertz CT molecular complexity index is 573.